The molecule has 2 fully saturated rings. The predicted molar refractivity (Wildman–Crippen MR) is 94.6 cm³/mol. The monoisotopic (exact) mass is 386 g/mol. The average Bonchev–Trinajstić information content (AvgIpc) is 3.31. The number of amidine groups is 1. The van der Waals surface area contributed by atoms with Crippen LogP contribution in [-0.4, -0.2) is 58.5 Å². The zero-order valence-electron chi connectivity index (χ0n) is 14.1. The second-order valence-corrected chi connectivity index (χ2v) is 8.60. The van der Waals surface area contributed by atoms with E-state index in [9.17, 15) is 13.2 Å². The fourth-order valence-corrected chi connectivity index (χ4v) is 5.70. The van der Waals surface area contributed by atoms with Crippen LogP contribution in [0, 0.1) is 5.92 Å². The minimum atomic E-state index is -3.97. The first-order valence-corrected chi connectivity index (χ1v) is 10.7. The summed E-state index contributed by atoms with van der Waals surface area (Å²) in [6.45, 7) is 2.41. The number of thiophene rings is 1. The van der Waals surface area contributed by atoms with E-state index in [-0.39, 0.29) is 15.7 Å². The molecule has 0 spiro atoms. The van der Waals surface area contributed by atoms with Gasteiger partial charge in [-0.05, 0) is 24.3 Å². The maximum atomic E-state index is 12.9. The fourth-order valence-electron chi connectivity index (χ4n) is 3.28. The van der Waals surface area contributed by atoms with Crippen molar-refractivity contribution in [2.45, 2.75) is 30.6 Å². The molecular formula is C16H22N2O5S2. The van der Waals surface area contributed by atoms with Gasteiger partial charge < -0.3 is 14.4 Å². The van der Waals surface area contributed by atoms with Gasteiger partial charge in [-0.2, -0.15) is 8.42 Å². The summed E-state index contributed by atoms with van der Waals surface area (Å²) in [6, 6.07) is 1.42. The van der Waals surface area contributed by atoms with Crippen LogP contribution in [0.5, 0.6) is 0 Å². The number of nitrogens with zero attached hydrogens (tertiary/aromatic N) is 2. The van der Waals surface area contributed by atoms with Crippen molar-refractivity contribution in [1.29, 1.82) is 0 Å². The molecule has 1 aromatic rings. The van der Waals surface area contributed by atoms with Crippen LogP contribution < -0.4 is 0 Å². The van der Waals surface area contributed by atoms with Crippen LogP contribution in [0.4, 0.5) is 0 Å². The van der Waals surface area contributed by atoms with Gasteiger partial charge in [0.2, 0.25) is 0 Å². The number of carbonyl (C=O) groups excluding carboxylic acids is 1. The number of rotatable bonds is 4. The van der Waals surface area contributed by atoms with Gasteiger partial charge in [0.05, 0.1) is 20.3 Å². The third-order valence-electron chi connectivity index (χ3n) is 4.55. The molecule has 9 heteroatoms. The number of methoxy groups -OCH3 is 1. The maximum Gasteiger partial charge on any atom is 0.349 e. The van der Waals surface area contributed by atoms with Crippen molar-refractivity contribution in [2.24, 2.45) is 10.3 Å². The summed E-state index contributed by atoms with van der Waals surface area (Å²) in [4.78, 5) is 13.8. The van der Waals surface area contributed by atoms with Gasteiger partial charge in [0.15, 0.2) is 0 Å². The molecule has 0 aromatic carbocycles. The Balaban J connectivity index is 1.97. The molecule has 0 atom stereocenters. The summed E-state index contributed by atoms with van der Waals surface area (Å²) < 4.78 is 40.0. The normalized spacial score (nSPS) is 20.0. The Kier molecular flexibility index (Phi) is 5.75. The minimum Gasteiger partial charge on any atom is -0.465 e. The standard InChI is InChI=1S/C16H22N2O5S2/c1-22-16(19)14-13(6-11-24-14)25(20,21)17-15(12-4-2-3-5-12)18-7-9-23-10-8-18/h6,11-12H,2-5,7-10H2,1H3/b17-15-. The van der Waals surface area contributed by atoms with E-state index in [0.717, 1.165) is 37.0 Å². The number of hydrogen-bond acceptors (Lipinski definition) is 6. The molecule has 1 saturated carbocycles. The van der Waals surface area contributed by atoms with Crippen molar-refractivity contribution in [3.63, 3.8) is 0 Å². The smallest absolute Gasteiger partial charge is 0.349 e. The number of carbonyl (C=O) groups is 1. The lowest BCUT2D eigenvalue weighted by Crippen LogP contribution is -2.43. The molecule has 0 bridgehead atoms. The summed E-state index contributed by atoms with van der Waals surface area (Å²) in [5.74, 6) is 0.105. The van der Waals surface area contributed by atoms with Crippen LogP contribution >= 0.6 is 11.3 Å². The second-order valence-electron chi connectivity index (χ2n) is 6.11. The Morgan fingerprint density at radius 1 is 1.32 bits per heavy atom. The Bertz CT molecular complexity index is 744. The van der Waals surface area contributed by atoms with E-state index in [1.54, 1.807) is 5.38 Å². The zero-order valence-corrected chi connectivity index (χ0v) is 15.8. The molecule has 0 N–H and O–H groups in total. The van der Waals surface area contributed by atoms with Crippen molar-refractivity contribution < 1.29 is 22.7 Å². The quantitative estimate of drug-likeness (QED) is 0.448. The summed E-state index contributed by atoms with van der Waals surface area (Å²) in [7, 11) is -2.74. The highest BCUT2D eigenvalue weighted by molar-refractivity contribution is 7.90. The highest BCUT2D eigenvalue weighted by Crippen LogP contribution is 2.30. The first kappa shape index (κ1) is 18.3. The average molecular weight is 386 g/mol. The third kappa shape index (κ3) is 4.04. The van der Waals surface area contributed by atoms with Crippen LogP contribution in [0.1, 0.15) is 35.4 Å². The van der Waals surface area contributed by atoms with Gasteiger partial charge in [-0.3, -0.25) is 0 Å². The Morgan fingerprint density at radius 3 is 2.64 bits per heavy atom. The Morgan fingerprint density at radius 2 is 2.00 bits per heavy atom. The SMILES string of the molecule is COC(=O)c1sccc1S(=O)(=O)/N=C(/C1CCCC1)N1CCOCC1. The second kappa shape index (κ2) is 7.84. The van der Waals surface area contributed by atoms with Gasteiger partial charge in [0.1, 0.15) is 15.6 Å². The van der Waals surface area contributed by atoms with Gasteiger partial charge >= 0.3 is 5.97 Å². The molecule has 2 heterocycles. The number of ether oxygens (including phenoxy) is 2. The van der Waals surface area contributed by atoms with Crippen molar-refractivity contribution in [2.75, 3.05) is 33.4 Å². The van der Waals surface area contributed by atoms with Gasteiger partial charge in [-0.25, -0.2) is 4.79 Å². The Labute approximate surface area is 151 Å². The van der Waals surface area contributed by atoms with E-state index < -0.39 is 16.0 Å². The molecule has 25 heavy (non-hydrogen) atoms. The van der Waals surface area contributed by atoms with E-state index in [1.165, 1.54) is 13.2 Å². The van der Waals surface area contributed by atoms with Crippen LogP contribution in [0.2, 0.25) is 0 Å². The van der Waals surface area contributed by atoms with Gasteiger partial charge in [-0.15, -0.1) is 15.7 Å². The summed E-state index contributed by atoms with van der Waals surface area (Å²) >= 11 is 1.05. The first-order chi connectivity index (χ1) is 12.0. The maximum absolute atomic E-state index is 12.9. The largest absolute Gasteiger partial charge is 0.465 e. The van der Waals surface area contributed by atoms with E-state index >= 15 is 0 Å². The molecule has 1 aliphatic carbocycles. The van der Waals surface area contributed by atoms with Crippen LogP contribution in [0.3, 0.4) is 0 Å². The van der Waals surface area contributed by atoms with Crippen LogP contribution in [-0.2, 0) is 19.5 Å². The molecule has 3 rings (SSSR count). The van der Waals surface area contributed by atoms with Crippen LogP contribution in [0.25, 0.3) is 0 Å². The van der Waals surface area contributed by atoms with Crippen molar-refractivity contribution >= 4 is 33.2 Å². The highest BCUT2D eigenvalue weighted by Gasteiger charge is 2.31. The number of morpholine rings is 1. The topological polar surface area (TPSA) is 85.3 Å². The molecule has 7 nitrogen and oxygen atoms in total. The first-order valence-electron chi connectivity index (χ1n) is 8.36. The molecule has 0 amide bonds. The predicted octanol–water partition coefficient (Wildman–Crippen LogP) is 2.14. The molecule has 2 aliphatic rings. The fraction of sp³-hybridized carbons (Fsp3) is 0.625. The molecule has 1 aliphatic heterocycles. The molecule has 1 aromatic heterocycles. The van der Waals surface area contributed by atoms with Crippen molar-refractivity contribution in [3.05, 3.63) is 16.3 Å². The molecule has 138 valence electrons. The van der Waals surface area contributed by atoms with Gasteiger partial charge in [-0.1, -0.05) is 12.8 Å². The summed E-state index contributed by atoms with van der Waals surface area (Å²) in [6.07, 6.45) is 4.05. The van der Waals surface area contributed by atoms with Crippen molar-refractivity contribution in [1.82, 2.24) is 4.90 Å². The zero-order chi connectivity index (χ0) is 17.9. The minimum absolute atomic E-state index is 0.0685. The molecule has 1 saturated heterocycles. The van der Waals surface area contributed by atoms with E-state index in [1.807, 2.05) is 4.90 Å². The molecule has 0 radical (unpaired) electrons. The number of sulfonamides is 1. The number of esters is 1. The lowest BCUT2D eigenvalue weighted by atomic mass is 10.1. The molecule has 0 unspecified atom stereocenters. The van der Waals surface area contributed by atoms with E-state index in [0.29, 0.717) is 32.1 Å². The van der Waals surface area contributed by atoms with Crippen molar-refractivity contribution in [3.8, 4) is 0 Å². The van der Waals surface area contributed by atoms with Crippen LogP contribution in [0.15, 0.2) is 20.7 Å². The van der Waals surface area contributed by atoms with Gasteiger partial charge in [0, 0.05) is 19.0 Å². The summed E-state index contributed by atoms with van der Waals surface area (Å²) in [5, 5.41) is 1.57. The lowest BCUT2D eigenvalue weighted by molar-refractivity contribution is 0.0602. The highest BCUT2D eigenvalue weighted by atomic mass is 32.2. The van der Waals surface area contributed by atoms with E-state index in [4.69, 9.17) is 4.74 Å². The van der Waals surface area contributed by atoms with Gasteiger partial charge in [0.25, 0.3) is 10.0 Å². The summed E-state index contributed by atoms with van der Waals surface area (Å²) in [5.41, 5.74) is 0. The number of hydrogen-bond donors (Lipinski definition) is 0. The lowest BCUT2D eigenvalue weighted by Gasteiger charge is -2.32. The molecular weight excluding hydrogens is 364 g/mol. The third-order valence-corrected chi connectivity index (χ3v) is 6.89. The Hall–Kier alpha value is -1.45. The van der Waals surface area contributed by atoms with E-state index in [2.05, 4.69) is 9.13 Å².